The van der Waals surface area contributed by atoms with E-state index in [1.807, 2.05) is 12.3 Å². The molecule has 1 fully saturated rings. The highest BCUT2D eigenvalue weighted by molar-refractivity contribution is 7.09. The largest absolute Gasteiger partial charge is 0.390 e. The fraction of sp³-hybridized carbons (Fsp3) is 0.700. The zero-order chi connectivity index (χ0) is 9.97. The van der Waals surface area contributed by atoms with Crippen LogP contribution in [0.25, 0.3) is 0 Å². The number of rotatable bonds is 5. The minimum Gasteiger partial charge on any atom is -0.390 e. The summed E-state index contributed by atoms with van der Waals surface area (Å²) in [5.74, 6) is 0.660. The molecule has 2 rings (SSSR count). The number of ether oxygens (including phenoxy) is 1. The summed E-state index contributed by atoms with van der Waals surface area (Å²) in [5, 5.41) is 11.9. The molecule has 78 valence electrons. The lowest BCUT2D eigenvalue weighted by molar-refractivity contribution is 0.0460. The second kappa shape index (κ2) is 4.38. The van der Waals surface area contributed by atoms with Gasteiger partial charge in [-0.25, -0.2) is 4.98 Å². The minimum atomic E-state index is 0.0278. The molecule has 4 heteroatoms. The lowest BCUT2D eigenvalue weighted by Gasteiger charge is -2.12. The summed E-state index contributed by atoms with van der Waals surface area (Å²) in [6.07, 6.45) is 2.67. The molecule has 0 spiro atoms. The molecule has 1 N–H and O–H groups in total. The van der Waals surface area contributed by atoms with Gasteiger partial charge in [-0.2, -0.15) is 0 Å². The third-order valence-corrected chi connectivity index (χ3v) is 3.33. The Balaban J connectivity index is 2.08. The van der Waals surface area contributed by atoms with Crippen LogP contribution >= 0.6 is 11.3 Å². The molecule has 14 heavy (non-hydrogen) atoms. The van der Waals surface area contributed by atoms with E-state index in [-0.39, 0.29) is 12.7 Å². The first-order valence-electron chi connectivity index (χ1n) is 5.02. The summed E-state index contributed by atoms with van der Waals surface area (Å²) in [4.78, 5) is 4.35. The van der Waals surface area contributed by atoms with Crippen LogP contribution in [0.2, 0.25) is 0 Å². The molecule has 1 aromatic heterocycles. The lowest BCUT2D eigenvalue weighted by Crippen LogP contribution is -2.06. The Hall–Kier alpha value is -0.450. The van der Waals surface area contributed by atoms with Gasteiger partial charge in [0.1, 0.15) is 11.1 Å². The van der Waals surface area contributed by atoms with Crippen LogP contribution in [-0.4, -0.2) is 16.7 Å². The molecule has 1 aromatic rings. The molecule has 0 aliphatic heterocycles. The summed E-state index contributed by atoms with van der Waals surface area (Å²) in [6, 6.07) is 0. The Labute approximate surface area is 87.7 Å². The molecule has 0 radical (unpaired) electrons. The summed E-state index contributed by atoms with van der Waals surface area (Å²) in [7, 11) is 0. The minimum absolute atomic E-state index is 0.0278. The highest BCUT2D eigenvalue weighted by Gasteiger charge is 2.34. The Bertz CT molecular complexity index is 296. The number of aliphatic hydroxyl groups excluding tert-OH is 1. The molecule has 0 aromatic carbocycles. The third-order valence-electron chi connectivity index (χ3n) is 2.37. The number of nitrogens with zero attached hydrogens (tertiary/aromatic N) is 1. The van der Waals surface area contributed by atoms with Gasteiger partial charge in [0.15, 0.2) is 0 Å². The van der Waals surface area contributed by atoms with Gasteiger partial charge in [0.2, 0.25) is 0 Å². The third kappa shape index (κ3) is 2.13. The molecule has 1 aliphatic rings. The van der Waals surface area contributed by atoms with Gasteiger partial charge in [-0.15, -0.1) is 11.3 Å². The topological polar surface area (TPSA) is 42.4 Å². The number of hydrogen-bond donors (Lipinski definition) is 1. The molecular formula is C10H15NO2S. The van der Waals surface area contributed by atoms with Crippen molar-refractivity contribution in [3.63, 3.8) is 0 Å². The maximum atomic E-state index is 8.92. The van der Waals surface area contributed by atoms with Crippen molar-refractivity contribution in [1.82, 2.24) is 4.98 Å². The van der Waals surface area contributed by atoms with Gasteiger partial charge >= 0.3 is 0 Å². The van der Waals surface area contributed by atoms with E-state index in [0.29, 0.717) is 5.92 Å². The first kappa shape index (κ1) is 10.1. The van der Waals surface area contributed by atoms with E-state index in [9.17, 15) is 0 Å². The van der Waals surface area contributed by atoms with Gasteiger partial charge in [0.05, 0.1) is 12.3 Å². The van der Waals surface area contributed by atoms with Crippen LogP contribution in [0.4, 0.5) is 0 Å². The maximum absolute atomic E-state index is 8.92. The number of hydrogen-bond acceptors (Lipinski definition) is 4. The van der Waals surface area contributed by atoms with E-state index < -0.39 is 0 Å². The Morgan fingerprint density at radius 2 is 2.50 bits per heavy atom. The first-order chi connectivity index (χ1) is 6.85. The quantitative estimate of drug-likeness (QED) is 0.814. The number of aromatic nitrogens is 1. The molecule has 0 amide bonds. The second-order valence-electron chi connectivity index (χ2n) is 3.55. The SMILES string of the molecule is CCOC(c1nc(CO)cs1)C1CC1. The normalized spacial score (nSPS) is 18.4. The van der Waals surface area contributed by atoms with E-state index >= 15 is 0 Å². The Kier molecular flexibility index (Phi) is 3.15. The average Bonchev–Trinajstić information content (AvgIpc) is 2.92. The van der Waals surface area contributed by atoms with E-state index in [2.05, 4.69) is 4.98 Å². The summed E-state index contributed by atoms with van der Waals surface area (Å²) >= 11 is 1.59. The Morgan fingerprint density at radius 1 is 1.71 bits per heavy atom. The molecule has 1 aliphatic carbocycles. The van der Waals surface area contributed by atoms with Crippen LogP contribution in [0, 0.1) is 5.92 Å². The maximum Gasteiger partial charge on any atom is 0.122 e. The van der Waals surface area contributed by atoms with Crippen LogP contribution < -0.4 is 0 Å². The highest BCUT2D eigenvalue weighted by atomic mass is 32.1. The molecular weight excluding hydrogens is 198 g/mol. The molecule has 0 bridgehead atoms. The standard InChI is InChI=1S/C10H15NO2S/c1-2-13-9(7-3-4-7)10-11-8(5-12)6-14-10/h6-7,9,12H,2-5H2,1H3. The van der Waals surface area contributed by atoms with Gasteiger partial charge < -0.3 is 9.84 Å². The monoisotopic (exact) mass is 213 g/mol. The van der Waals surface area contributed by atoms with Crippen molar-refractivity contribution in [3.05, 3.63) is 16.1 Å². The van der Waals surface area contributed by atoms with E-state index in [1.165, 1.54) is 12.8 Å². The number of aliphatic hydroxyl groups is 1. The predicted molar refractivity (Wildman–Crippen MR) is 55.1 cm³/mol. The summed E-state index contributed by atoms with van der Waals surface area (Å²) < 4.78 is 5.68. The second-order valence-corrected chi connectivity index (χ2v) is 4.44. The van der Waals surface area contributed by atoms with Crippen molar-refractivity contribution in [2.45, 2.75) is 32.5 Å². The van der Waals surface area contributed by atoms with Gasteiger partial charge in [-0.1, -0.05) is 0 Å². The van der Waals surface area contributed by atoms with Crippen molar-refractivity contribution in [2.24, 2.45) is 5.92 Å². The van der Waals surface area contributed by atoms with Crippen molar-refractivity contribution in [1.29, 1.82) is 0 Å². The zero-order valence-electron chi connectivity index (χ0n) is 8.27. The molecule has 3 nitrogen and oxygen atoms in total. The van der Waals surface area contributed by atoms with E-state index in [0.717, 1.165) is 17.3 Å². The molecule has 1 atom stereocenters. The smallest absolute Gasteiger partial charge is 0.122 e. The fourth-order valence-electron chi connectivity index (χ4n) is 1.51. The molecule has 1 saturated carbocycles. The van der Waals surface area contributed by atoms with Gasteiger partial charge in [0.25, 0.3) is 0 Å². The van der Waals surface area contributed by atoms with Gasteiger partial charge in [0, 0.05) is 12.0 Å². The van der Waals surface area contributed by atoms with Crippen LogP contribution in [0.5, 0.6) is 0 Å². The summed E-state index contributed by atoms with van der Waals surface area (Å²) in [6.45, 7) is 2.77. The highest BCUT2D eigenvalue weighted by Crippen LogP contribution is 2.44. The molecule has 1 unspecified atom stereocenters. The van der Waals surface area contributed by atoms with Crippen LogP contribution in [0.3, 0.4) is 0 Å². The summed E-state index contributed by atoms with van der Waals surface area (Å²) in [5.41, 5.74) is 0.760. The van der Waals surface area contributed by atoms with E-state index in [4.69, 9.17) is 9.84 Å². The van der Waals surface area contributed by atoms with Gasteiger partial charge in [-0.3, -0.25) is 0 Å². The Morgan fingerprint density at radius 3 is 3.00 bits per heavy atom. The lowest BCUT2D eigenvalue weighted by atomic mass is 10.2. The van der Waals surface area contributed by atoms with Crippen molar-refractivity contribution >= 4 is 11.3 Å². The fourth-order valence-corrected chi connectivity index (χ4v) is 2.46. The average molecular weight is 213 g/mol. The molecule has 1 heterocycles. The predicted octanol–water partition coefficient (Wildman–Crippen LogP) is 2.12. The van der Waals surface area contributed by atoms with Gasteiger partial charge in [-0.05, 0) is 25.7 Å². The van der Waals surface area contributed by atoms with Crippen molar-refractivity contribution in [2.75, 3.05) is 6.61 Å². The van der Waals surface area contributed by atoms with Crippen LogP contribution in [-0.2, 0) is 11.3 Å². The molecule has 0 saturated heterocycles. The van der Waals surface area contributed by atoms with E-state index in [1.54, 1.807) is 11.3 Å². The van der Waals surface area contributed by atoms with Crippen LogP contribution in [0.1, 0.15) is 36.6 Å². The first-order valence-corrected chi connectivity index (χ1v) is 5.90. The number of thiazole rings is 1. The van der Waals surface area contributed by atoms with Crippen molar-refractivity contribution < 1.29 is 9.84 Å². The zero-order valence-corrected chi connectivity index (χ0v) is 9.09. The van der Waals surface area contributed by atoms with Crippen molar-refractivity contribution in [3.8, 4) is 0 Å². The van der Waals surface area contributed by atoms with Crippen LogP contribution in [0.15, 0.2) is 5.38 Å².